The molecule has 22 heavy (non-hydrogen) atoms. The first-order chi connectivity index (χ1) is 10.8. The van der Waals surface area contributed by atoms with Crippen LogP contribution in [0.15, 0.2) is 48.8 Å². The van der Waals surface area contributed by atoms with E-state index in [9.17, 15) is 0 Å². The molecule has 112 valence electrons. The number of nitrogens with two attached hydrogens (primary N) is 1. The summed E-state index contributed by atoms with van der Waals surface area (Å²) in [6.07, 6.45) is 13.6. The zero-order valence-corrected chi connectivity index (χ0v) is 12.2. The van der Waals surface area contributed by atoms with Gasteiger partial charge in [0.05, 0.1) is 22.7 Å². The molecule has 3 N–H and O–H groups in total. The van der Waals surface area contributed by atoms with Crippen molar-refractivity contribution in [3.8, 4) is 0 Å². The van der Waals surface area contributed by atoms with Gasteiger partial charge in [0.1, 0.15) is 30.2 Å². The predicted molar refractivity (Wildman–Crippen MR) is 86.0 cm³/mol. The van der Waals surface area contributed by atoms with Crippen molar-refractivity contribution in [3.63, 3.8) is 0 Å². The Kier molecular flexibility index (Phi) is 2.89. The average Bonchev–Trinajstić information content (AvgIpc) is 3.11. The summed E-state index contributed by atoms with van der Waals surface area (Å²) >= 11 is 0. The highest BCUT2D eigenvalue weighted by Crippen LogP contribution is 2.35. The van der Waals surface area contributed by atoms with E-state index in [0.29, 0.717) is 5.82 Å². The zero-order valence-electron chi connectivity index (χ0n) is 12.2. The van der Waals surface area contributed by atoms with Crippen molar-refractivity contribution < 1.29 is 4.74 Å². The van der Waals surface area contributed by atoms with Gasteiger partial charge in [-0.1, -0.05) is 18.2 Å². The molecule has 0 spiro atoms. The number of rotatable bonds is 3. The Morgan fingerprint density at radius 1 is 1.32 bits per heavy atom. The maximum atomic E-state index is 6.05. The van der Waals surface area contributed by atoms with Crippen LogP contribution in [0.1, 0.15) is 6.92 Å². The molecule has 3 heterocycles. The Labute approximate surface area is 128 Å². The van der Waals surface area contributed by atoms with Gasteiger partial charge >= 0.3 is 0 Å². The first-order valence-corrected chi connectivity index (χ1v) is 7.34. The fourth-order valence-electron chi connectivity index (χ4n) is 2.98. The van der Waals surface area contributed by atoms with Crippen molar-refractivity contribution >= 4 is 22.5 Å². The highest BCUT2D eigenvalue weighted by Gasteiger charge is 2.30. The lowest BCUT2D eigenvalue weighted by Crippen LogP contribution is -2.19. The number of allylic oxidation sites excluding steroid dienone is 2. The molecule has 2 aliphatic rings. The molecule has 0 saturated carbocycles. The van der Waals surface area contributed by atoms with Crippen molar-refractivity contribution in [2.24, 2.45) is 5.92 Å². The molecular formula is C16H17N5O. The predicted octanol–water partition coefficient (Wildman–Crippen LogP) is 2.43. The SMILES string of the molecule is CCn1cc(NC2=COC3C=CC=CC23)c2c(N)ncnc21. The molecule has 2 unspecified atom stereocenters. The zero-order chi connectivity index (χ0) is 15.1. The van der Waals surface area contributed by atoms with Gasteiger partial charge in [-0.3, -0.25) is 0 Å². The molecule has 0 fully saturated rings. The molecule has 2 aromatic heterocycles. The van der Waals surface area contributed by atoms with Gasteiger partial charge in [0.25, 0.3) is 0 Å². The van der Waals surface area contributed by atoms with E-state index in [1.807, 2.05) is 18.3 Å². The highest BCUT2D eigenvalue weighted by atomic mass is 16.5. The monoisotopic (exact) mass is 295 g/mol. The standard InChI is InChI=1S/C16H17N5O/c1-2-21-7-11(14-15(17)18-9-19-16(14)21)20-12-8-22-13-6-4-3-5-10(12)13/h3-10,13,20H,2H2,1H3,(H2,17,18,19). The molecule has 1 aliphatic heterocycles. The Balaban J connectivity index is 1.73. The molecule has 6 heteroatoms. The summed E-state index contributed by atoms with van der Waals surface area (Å²) in [5.74, 6) is 0.686. The van der Waals surface area contributed by atoms with Crippen molar-refractivity contribution in [2.45, 2.75) is 19.6 Å². The minimum Gasteiger partial charge on any atom is -0.491 e. The Morgan fingerprint density at radius 3 is 3.05 bits per heavy atom. The van der Waals surface area contributed by atoms with Gasteiger partial charge in [-0.15, -0.1) is 0 Å². The molecule has 0 radical (unpaired) electrons. The maximum absolute atomic E-state index is 6.05. The Morgan fingerprint density at radius 2 is 2.18 bits per heavy atom. The first-order valence-electron chi connectivity index (χ1n) is 7.34. The lowest BCUT2D eigenvalue weighted by atomic mass is 9.96. The number of anilines is 2. The van der Waals surface area contributed by atoms with Crippen LogP contribution in [0.5, 0.6) is 0 Å². The molecule has 4 rings (SSSR count). The number of hydrogen-bond acceptors (Lipinski definition) is 5. The van der Waals surface area contributed by atoms with Gasteiger partial charge in [0.15, 0.2) is 0 Å². The second kappa shape index (κ2) is 4.91. The minimum atomic E-state index is 0.0700. The van der Waals surface area contributed by atoms with Gasteiger partial charge in [-0.2, -0.15) is 0 Å². The lowest BCUT2D eigenvalue weighted by Gasteiger charge is -2.18. The number of aryl methyl sites for hydroxylation is 1. The number of nitrogens with zero attached hydrogens (tertiary/aromatic N) is 3. The average molecular weight is 295 g/mol. The van der Waals surface area contributed by atoms with E-state index in [0.717, 1.165) is 29.0 Å². The first kappa shape index (κ1) is 12.9. The quantitative estimate of drug-likeness (QED) is 0.909. The smallest absolute Gasteiger partial charge is 0.147 e. The van der Waals surface area contributed by atoms with Crippen LogP contribution in [0.4, 0.5) is 11.5 Å². The van der Waals surface area contributed by atoms with E-state index >= 15 is 0 Å². The van der Waals surface area contributed by atoms with Gasteiger partial charge in [0.2, 0.25) is 0 Å². The van der Waals surface area contributed by atoms with Crippen LogP contribution >= 0.6 is 0 Å². The molecule has 1 aliphatic carbocycles. The van der Waals surface area contributed by atoms with Crippen molar-refractivity contribution in [1.82, 2.24) is 14.5 Å². The fraction of sp³-hybridized carbons (Fsp3) is 0.250. The Hall–Kier alpha value is -2.76. The van der Waals surface area contributed by atoms with Gasteiger partial charge in [-0.25, -0.2) is 9.97 Å². The number of ether oxygens (including phenoxy) is 1. The van der Waals surface area contributed by atoms with Crippen molar-refractivity contribution in [1.29, 1.82) is 0 Å². The topological polar surface area (TPSA) is 78.0 Å². The van der Waals surface area contributed by atoms with E-state index in [1.54, 1.807) is 6.26 Å². The van der Waals surface area contributed by atoms with Crippen LogP contribution in [0.2, 0.25) is 0 Å². The number of fused-ring (bicyclic) bond motifs is 2. The second-order valence-corrected chi connectivity index (χ2v) is 5.38. The third-order valence-electron chi connectivity index (χ3n) is 4.10. The summed E-state index contributed by atoms with van der Waals surface area (Å²) in [5.41, 5.74) is 8.82. The molecule has 0 amide bonds. The van der Waals surface area contributed by atoms with Crippen LogP contribution in [-0.2, 0) is 11.3 Å². The van der Waals surface area contributed by atoms with Gasteiger partial charge < -0.3 is 20.4 Å². The lowest BCUT2D eigenvalue weighted by molar-refractivity contribution is 0.192. The summed E-state index contributed by atoms with van der Waals surface area (Å²) < 4.78 is 7.74. The summed E-state index contributed by atoms with van der Waals surface area (Å²) in [6, 6.07) is 0. The van der Waals surface area contributed by atoms with E-state index in [2.05, 4.69) is 38.9 Å². The molecule has 0 aromatic carbocycles. The number of nitrogen functional groups attached to an aromatic ring is 1. The summed E-state index contributed by atoms with van der Waals surface area (Å²) in [6.45, 7) is 2.89. The largest absolute Gasteiger partial charge is 0.491 e. The van der Waals surface area contributed by atoms with E-state index in [1.165, 1.54) is 6.33 Å². The summed E-state index contributed by atoms with van der Waals surface area (Å²) in [7, 11) is 0. The number of aromatic nitrogens is 3. The van der Waals surface area contributed by atoms with Crippen LogP contribution < -0.4 is 11.1 Å². The minimum absolute atomic E-state index is 0.0700. The highest BCUT2D eigenvalue weighted by molar-refractivity contribution is 5.98. The summed E-state index contributed by atoms with van der Waals surface area (Å²) in [4.78, 5) is 8.45. The molecule has 2 aromatic rings. The van der Waals surface area contributed by atoms with Crippen LogP contribution in [-0.4, -0.2) is 20.6 Å². The third kappa shape index (κ3) is 1.88. The van der Waals surface area contributed by atoms with Gasteiger partial charge in [-0.05, 0) is 13.0 Å². The van der Waals surface area contributed by atoms with Crippen LogP contribution in [0.3, 0.4) is 0 Å². The third-order valence-corrected chi connectivity index (χ3v) is 4.10. The molecular weight excluding hydrogens is 278 g/mol. The number of nitrogens with one attached hydrogen (secondary N) is 1. The second-order valence-electron chi connectivity index (χ2n) is 5.38. The number of hydrogen-bond donors (Lipinski definition) is 2. The Bertz CT molecular complexity index is 817. The molecule has 6 nitrogen and oxygen atoms in total. The van der Waals surface area contributed by atoms with E-state index in [4.69, 9.17) is 10.5 Å². The van der Waals surface area contributed by atoms with Crippen LogP contribution in [0, 0.1) is 5.92 Å². The molecule has 0 saturated heterocycles. The normalized spacial score (nSPS) is 22.5. The van der Waals surface area contributed by atoms with Gasteiger partial charge in [0, 0.05) is 12.7 Å². The van der Waals surface area contributed by atoms with E-state index in [-0.39, 0.29) is 12.0 Å². The van der Waals surface area contributed by atoms with Crippen LogP contribution in [0.25, 0.3) is 11.0 Å². The fourth-order valence-corrected chi connectivity index (χ4v) is 2.98. The van der Waals surface area contributed by atoms with Crippen molar-refractivity contribution in [3.05, 3.63) is 48.8 Å². The maximum Gasteiger partial charge on any atom is 0.147 e. The van der Waals surface area contributed by atoms with Crippen molar-refractivity contribution in [2.75, 3.05) is 11.1 Å². The van der Waals surface area contributed by atoms with E-state index < -0.39 is 0 Å². The molecule has 0 bridgehead atoms. The summed E-state index contributed by atoms with van der Waals surface area (Å²) in [5, 5.41) is 4.30. The molecule has 2 atom stereocenters.